The molecule has 1 aliphatic heterocycles. The molecular formula is C12H12BrNS. The Hall–Kier alpha value is -0.410. The minimum atomic E-state index is 0.161. The Kier molecular flexibility index (Phi) is 2.15. The second-order valence-electron chi connectivity index (χ2n) is 4.43. The number of nitrogens with one attached hydrogen (secondary N) is 1. The average Bonchev–Trinajstić information content (AvgIpc) is 2.78. The Morgan fingerprint density at radius 2 is 2.00 bits per heavy atom. The first-order chi connectivity index (χ1) is 7.22. The van der Waals surface area contributed by atoms with Crippen LogP contribution in [0.3, 0.4) is 0 Å². The van der Waals surface area contributed by atoms with Crippen LogP contribution in [0.4, 0.5) is 5.69 Å². The van der Waals surface area contributed by atoms with Gasteiger partial charge in [0.2, 0.25) is 0 Å². The number of anilines is 1. The predicted octanol–water partition coefficient (Wildman–Crippen LogP) is 4.01. The van der Waals surface area contributed by atoms with Crippen LogP contribution in [0.5, 0.6) is 0 Å². The summed E-state index contributed by atoms with van der Waals surface area (Å²) in [6.45, 7) is 0. The van der Waals surface area contributed by atoms with Gasteiger partial charge in [0, 0.05) is 15.6 Å². The van der Waals surface area contributed by atoms with E-state index in [9.17, 15) is 0 Å². The molecule has 1 fully saturated rings. The van der Waals surface area contributed by atoms with Gasteiger partial charge in [-0.3, -0.25) is 0 Å². The second-order valence-corrected chi connectivity index (χ2v) is 5.76. The number of hydrogen-bond donors (Lipinski definition) is 1. The smallest absolute Gasteiger partial charge is 0.0905 e. The van der Waals surface area contributed by atoms with Crippen molar-refractivity contribution in [3.8, 4) is 0 Å². The van der Waals surface area contributed by atoms with Crippen molar-refractivity contribution in [1.82, 2.24) is 0 Å². The van der Waals surface area contributed by atoms with Crippen LogP contribution < -0.4 is 5.32 Å². The molecule has 0 saturated heterocycles. The summed E-state index contributed by atoms with van der Waals surface area (Å²) >= 11 is 9.06. The fourth-order valence-electron chi connectivity index (χ4n) is 2.86. The van der Waals surface area contributed by atoms with E-state index >= 15 is 0 Å². The minimum absolute atomic E-state index is 0.161. The highest BCUT2D eigenvalue weighted by Gasteiger charge is 2.45. The summed E-state index contributed by atoms with van der Waals surface area (Å²) in [4.78, 5) is 1.04. The highest BCUT2D eigenvalue weighted by atomic mass is 79.9. The summed E-state index contributed by atoms with van der Waals surface area (Å²) in [5, 5.41) is 3.37. The van der Waals surface area contributed by atoms with Gasteiger partial charge in [0.1, 0.15) is 0 Å². The Bertz CT molecular complexity index is 435. The number of benzene rings is 1. The summed E-state index contributed by atoms with van der Waals surface area (Å²) < 4.78 is 1.15. The molecule has 1 spiro atoms. The number of halogens is 1. The van der Waals surface area contributed by atoms with Crippen LogP contribution in [0, 0.1) is 0 Å². The lowest BCUT2D eigenvalue weighted by atomic mass is 9.81. The van der Waals surface area contributed by atoms with Crippen molar-refractivity contribution in [2.45, 2.75) is 31.1 Å². The molecule has 78 valence electrons. The number of rotatable bonds is 0. The molecule has 1 nitrogen and oxygen atoms in total. The van der Waals surface area contributed by atoms with Gasteiger partial charge in [-0.25, -0.2) is 0 Å². The molecule has 0 atom stereocenters. The average molecular weight is 282 g/mol. The summed E-state index contributed by atoms with van der Waals surface area (Å²) in [5.74, 6) is 0. The van der Waals surface area contributed by atoms with Crippen LogP contribution >= 0.6 is 28.1 Å². The maximum atomic E-state index is 5.51. The third-order valence-electron chi connectivity index (χ3n) is 3.64. The largest absolute Gasteiger partial charge is 0.349 e. The van der Waals surface area contributed by atoms with Gasteiger partial charge in [-0.15, -0.1) is 0 Å². The summed E-state index contributed by atoms with van der Waals surface area (Å²) in [6, 6.07) is 6.42. The van der Waals surface area contributed by atoms with E-state index in [1.54, 1.807) is 0 Å². The van der Waals surface area contributed by atoms with E-state index in [0.717, 1.165) is 9.46 Å². The van der Waals surface area contributed by atoms with Gasteiger partial charge in [0.15, 0.2) is 0 Å². The molecule has 2 aliphatic rings. The molecule has 1 saturated carbocycles. The van der Waals surface area contributed by atoms with Gasteiger partial charge in [0.25, 0.3) is 0 Å². The maximum absolute atomic E-state index is 5.51. The summed E-state index contributed by atoms with van der Waals surface area (Å²) in [5.41, 5.74) is 2.78. The van der Waals surface area contributed by atoms with Crippen LogP contribution in [-0.2, 0) is 5.41 Å². The van der Waals surface area contributed by atoms with Gasteiger partial charge in [0.05, 0.1) is 4.99 Å². The van der Waals surface area contributed by atoms with Crippen molar-refractivity contribution in [2.24, 2.45) is 0 Å². The van der Waals surface area contributed by atoms with Crippen LogP contribution in [0.15, 0.2) is 22.7 Å². The zero-order valence-electron chi connectivity index (χ0n) is 8.35. The van der Waals surface area contributed by atoms with E-state index in [2.05, 4.69) is 39.4 Å². The third-order valence-corrected chi connectivity index (χ3v) is 4.62. The van der Waals surface area contributed by atoms with Gasteiger partial charge in [-0.2, -0.15) is 0 Å². The van der Waals surface area contributed by atoms with Gasteiger partial charge < -0.3 is 5.32 Å². The van der Waals surface area contributed by atoms with Crippen molar-refractivity contribution in [3.05, 3.63) is 28.2 Å². The van der Waals surface area contributed by atoms with Crippen molar-refractivity contribution in [2.75, 3.05) is 5.32 Å². The molecule has 0 radical (unpaired) electrons. The van der Waals surface area contributed by atoms with Gasteiger partial charge >= 0.3 is 0 Å². The molecule has 1 heterocycles. The second kappa shape index (κ2) is 3.29. The molecule has 0 aromatic heterocycles. The number of hydrogen-bond acceptors (Lipinski definition) is 1. The fraction of sp³-hybridized carbons (Fsp3) is 0.417. The lowest BCUT2D eigenvalue weighted by Crippen LogP contribution is -2.29. The van der Waals surface area contributed by atoms with Crippen molar-refractivity contribution >= 4 is 38.8 Å². The molecule has 1 aromatic rings. The topological polar surface area (TPSA) is 12.0 Å². The normalized spacial score (nSPS) is 21.8. The van der Waals surface area contributed by atoms with Crippen LogP contribution in [0.2, 0.25) is 0 Å². The zero-order chi connectivity index (χ0) is 10.5. The first kappa shape index (κ1) is 9.79. The molecule has 1 aliphatic carbocycles. The lowest BCUT2D eigenvalue weighted by Gasteiger charge is -2.23. The van der Waals surface area contributed by atoms with Crippen LogP contribution in [-0.4, -0.2) is 4.99 Å². The van der Waals surface area contributed by atoms with E-state index in [4.69, 9.17) is 12.2 Å². The third kappa shape index (κ3) is 1.29. The van der Waals surface area contributed by atoms with Gasteiger partial charge in [-0.1, -0.05) is 41.0 Å². The first-order valence-corrected chi connectivity index (χ1v) is 6.54. The molecule has 1 aromatic carbocycles. The SMILES string of the molecule is S=C1Nc2ccc(Br)cc2C12CCCC2. The number of thiocarbonyl (C=S) groups is 1. The Balaban J connectivity index is 2.19. The minimum Gasteiger partial charge on any atom is -0.349 e. The molecule has 1 N–H and O–H groups in total. The quantitative estimate of drug-likeness (QED) is 0.721. The maximum Gasteiger partial charge on any atom is 0.0905 e. The zero-order valence-corrected chi connectivity index (χ0v) is 10.7. The molecular weight excluding hydrogens is 270 g/mol. The van der Waals surface area contributed by atoms with Gasteiger partial charge in [-0.05, 0) is 36.6 Å². The van der Waals surface area contributed by atoms with Crippen molar-refractivity contribution in [3.63, 3.8) is 0 Å². The van der Waals surface area contributed by atoms with E-state index in [1.165, 1.54) is 36.9 Å². The van der Waals surface area contributed by atoms with Crippen LogP contribution in [0.1, 0.15) is 31.2 Å². The predicted molar refractivity (Wildman–Crippen MR) is 70.5 cm³/mol. The monoisotopic (exact) mass is 281 g/mol. The van der Waals surface area contributed by atoms with Crippen molar-refractivity contribution in [1.29, 1.82) is 0 Å². The standard InChI is InChI=1S/C12H12BrNS/c13-8-3-4-10-9(7-8)12(11(15)14-10)5-1-2-6-12/h3-4,7H,1-2,5-6H2,(H,14,15). The Morgan fingerprint density at radius 1 is 1.27 bits per heavy atom. The van der Waals surface area contributed by atoms with Crippen LogP contribution in [0.25, 0.3) is 0 Å². The first-order valence-electron chi connectivity index (χ1n) is 5.34. The highest BCUT2D eigenvalue weighted by Crippen LogP contribution is 2.49. The van der Waals surface area contributed by atoms with E-state index < -0.39 is 0 Å². The van der Waals surface area contributed by atoms with E-state index in [1.807, 2.05) is 0 Å². The molecule has 0 bridgehead atoms. The molecule has 3 rings (SSSR count). The molecule has 0 amide bonds. The summed E-state index contributed by atoms with van der Waals surface area (Å²) in [6.07, 6.45) is 5.02. The number of fused-ring (bicyclic) bond motifs is 2. The Labute approximate surface area is 103 Å². The highest BCUT2D eigenvalue weighted by molar-refractivity contribution is 9.10. The summed E-state index contributed by atoms with van der Waals surface area (Å²) in [7, 11) is 0. The molecule has 3 heteroatoms. The van der Waals surface area contributed by atoms with E-state index in [0.29, 0.717) is 0 Å². The Morgan fingerprint density at radius 3 is 2.73 bits per heavy atom. The molecule has 15 heavy (non-hydrogen) atoms. The van der Waals surface area contributed by atoms with Crippen molar-refractivity contribution < 1.29 is 0 Å². The molecule has 0 unspecified atom stereocenters. The lowest BCUT2D eigenvalue weighted by molar-refractivity contribution is 0.620. The van der Waals surface area contributed by atoms with E-state index in [-0.39, 0.29) is 5.41 Å². The fourth-order valence-corrected chi connectivity index (χ4v) is 3.65.